The Morgan fingerprint density at radius 2 is 1.45 bits per heavy atom. The van der Waals surface area contributed by atoms with Crippen molar-refractivity contribution in [3.05, 3.63) is 90.0 Å². The maximum atomic E-state index is 13.0. The lowest BCUT2D eigenvalue weighted by atomic mass is 9.72. The predicted molar refractivity (Wildman–Crippen MR) is 118 cm³/mol. The van der Waals surface area contributed by atoms with Crippen LogP contribution in [0.2, 0.25) is 0 Å². The highest BCUT2D eigenvalue weighted by Crippen LogP contribution is 2.49. The van der Waals surface area contributed by atoms with Crippen LogP contribution in [0.3, 0.4) is 0 Å². The van der Waals surface area contributed by atoms with E-state index in [1.807, 2.05) is 79.7 Å². The zero-order valence-corrected chi connectivity index (χ0v) is 17.8. The van der Waals surface area contributed by atoms with E-state index >= 15 is 0 Å². The fourth-order valence-electron chi connectivity index (χ4n) is 4.26. The second-order valence-electron chi connectivity index (χ2n) is 7.90. The zero-order valence-electron chi connectivity index (χ0n) is 17.8. The Morgan fingerprint density at radius 1 is 0.839 bits per heavy atom. The van der Waals surface area contributed by atoms with Gasteiger partial charge >= 0.3 is 11.9 Å². The second kappa shape index (κ2) is 7.91. The summed E-state index contributed by atoms with van der Waals surface area (Å²) in [6.45, 7) is 1.87. The standard InChI is InChI=1S/C26H24O5/c1-25(21-11-5-4-6-12-21)17-26(23(27)29-2,24(28)30-3)16-22(31-25)20-14-13-18-9-7-8-10-19(18)15-20/h4-16H,17H2,1-3H3. The summed E-state index contributed by atoms with van der Waals surface area (Å²) < 4.78 is 16.6. The normalized spacial score (nSPS) is 19.8. The van der Waals surface area contributed by atoms with Crippen molar-refractivity contribution >= 4 is 28.5 Å². The Labute approximate surface area is 181 Å². The van der Waals surface area contributed by atoms with Gasteiger partial charge < -0.3 is 14.2 Å². The molecule has 5 nitrogen and oxygen atoms in total. The molecule has 3 aromatic rings. The van der Waals surface area contributed by atoms with Gasteiger partial charge in [0.2, 0.25) is 0 Å². The number of benzene rings is 3. The van der Waals surface area contributed by atoms with Crippen molar-refractivity contribution < 1.29 is 23.8 Å². The summed E-state index contributed by atoms with van der Waals surface area (Å²) in [4.78, 5) is 25.9. The summed E-state index contributed by atoms with van der Waals surface area (Å²) in [5.74, 6) is -0.926. The number of carbonyl (C=O) groups is 2. The largest absolute Gasteiger partial charge is 0.482 e. The minimum Gasteiger partial charge on any atom is -0.482 e. The van der Waals surface area contributed by atoms with E-state index in [2.05, 4.69) is 0 Å². The summed E-state index contributed by atoms with van der Waals surface area (Å²) in [6.07, 6.45) is 1.60. The first-order valence-electron chi connectivity index (χ1n) is 10.1. The number of carbonyl (C=O) groups excluding carboxylic acids is 2. The number of rotatable bonds is 4. The molecule has 1 atom stereocenters. The van der Waals surface area contributed by atoms with Crippen LogP contribution in [0.5, 0.6) is 0 Å². The average Bonchev–Trinajstić information content (AvgIpc) is 2.82. The van der Waals surface area contributed by atoms with E-state index in [0.717, 1.165) is 21.9 Å². The quantitative estimate of drug-likeness (QED) is 0.449. The van der Waals surface area contributed by atoms with E-state index in [1.54, 1.807) is 6.08 Å². The van der Waals surface area contributed by atoms with Gasteiger partial charge in [0.25, 0.3) is 0 Å². The molecule has 0 aromatic heterocycles. The van der Waals surface area contributed by atoms with Crippen molar-refractivity contribution in [3.8, 4) is 0 Å². The minimum absolute atomic E-state index is 0.0560. The molecule has 3 aromatic carbocycles. The van der Waals surface area contributed by atoms with Crippen LogP contribution >= 0.6 is 0 Å². The molecule has 158 valence electrons. The molecule has 0 aliphatic carbocycles. The van der Waals surface area contributed by atoms with Crippen molar-refractivity contribution in [2.75, 3.05) is 14.2 Å². The summed E-state index contributed by atoms with van der Waals surface area (Å²) in [5, 5.41) is 2.11. The van der Waals surface area contributed by atoms with Crippen LogP contribution in [0.1, 0.15) is 24.5 Å². The molecule has 0 bridgehead atoms. The molecule has 0 fully saturated rings. The third kappa shape index (κ3) is 3.56. The first-order chi connectivity index (χ1) is 14.9. The maximum Gasteiger partial charge on any atom is 0.327 e. The van der Waals surface area contributed by atoms with E-state index < -0.39 is 23.0 Å². The Morgan fingerprint density at radius 3 is 2.10 bits per heavy atom. The highest BCUT2D eigenvalue weighted by Gasteiger charge is 2.56. The molecule has 1 aliphatic heterocycles. The Balaban J connectivity index is 1.93. The Bertz CT molecular complexity index is 1150. The SMILES string of the molecule is COC(=O)C1(C(=O)OC)C=C(c2ccc3ccccc3c2)OC(C)(c2ccccc2)C1. The fraction of sp³-hybridized carbons (Fsp3) is 0.231. The molecule has 0 saturated heterocycles. The fourth-order valence-corrected chi connectivity index (χ4v) is 4.26. The first kappa shape index (κ1) is 20.7. The van der Waals surface area contributed by atoms with Crippen molar-refractivity contribution in [3.63, 3.8) is 0 Å². The van der Waals surface area contributed by atoms with Gasteiger partial charge in [-0.1, -0.05) is 66.7 Å². The molecular formula is C26H24O5. The lowest BCUT2D eigenvalue weighted by molar-refractivity contribution is -0.171. The second-order valence-corrected chi connectivity index (χ2v) is 7.90. The average molecular weight is 416 g/mol. The Kier molecular flexibility index (Phi) is 5.27. The highest BCUT2D eigenvalue weighted by atomic mass is 16.5. The van der Waals surface area contributed by atoms with Crippen LogP contribution in [-0.4, -0.2) is 26.2 Å². The van der Waals surface area contributed by atoms with Gasteiger partial charge in [-0.25, -0.2) is 0 Å². The first-order valence-corrected chi connectivity index (χ1v) is 10.1. The summed E-state index contributed by atoms with van der Waals surface area (Å²) in [7, 11) is 2.54. The molecule has 0 radical (unpaired) electrons. The van der Waals surface area contributed by atoms with Gasteiger partial charge in [0.05, 0.1) is 14.2 Å². The van der Waals surface area contributed by atoms with Crippen molar-refractivity contribution in [1.29, 1.82) is 0 Å². The van der Waals surface area contributed by atoms with Crippen LogP contribution < -0.4 is 0 Å². The molecule has 0 spiro atoms. The van der Waals surface area contributed by atoms with Gasteiger partial charge in [-0.15, -0.1) is 0 Å². The number of methoxy groups -OCH3 is 2. The van der Waals surface area contributed by atoms with Gasteiger partial charge in [-0.05, 0) is 35.4 Å². The number of hydrogen-bond donors (Lipinski definition) is 0. The van der Waals surface area contributed by atoms with E-state index in [1.165, 1.54) is 14.2 Å². The molecular weight excluding hydrogens is 392 g/mol. The van der Waals surface area contributed by atoms with Crippen LogP contribution in [0.25, 0.3) is 16.5 Å². The van der Waals surface area contributed by atoms with Crippen molar-refractivity contribution in [2.24, 2.45) is 5.41 Å². The predicted octanol–water partition coefficient (Wildman–Crippen LogP) is 4.85. The zero-order chi connectivity index (χ0) is 22.1. The van der Waals surface area contributed by atoms with Crippen molar-refractivity contribution in [2.45, 2.75) is 18.9 Å². The van der Waals surface area contributed by atoms with Crippen LogP contribution in [0.4, 0.5) is 0 Å². The molecule has 31 heavy (non-hydrogen) atoms. The van der Waals surface area contributed by atoms with Crippen molar-refractivity contribution in [1.82, 2.24) is 0 Å². The molecule has 1 unspecified atom stereocenters. The molecule has 4 rings (SSSR count). The van der Waals surface area contributed by atoms with Crippen LogP contribution in [-0.2, 0) is 29.4 Å². The number of hydrogen-bond acceptors (Lipinski definition) is 5. The third-order valence-electron chi connectivity index (χ3n) is 5.85. The van der Waals surface area contributed by atoms with E-state index in [0.29, 0.717) is 5.76 Å². The maximum absolute atomic E-state index is 13.0. The van der Waals surface area contributed by atoms with E-state index in [-0.39, 0.29) is 6.42 Å². The van der Waals surface area contributed by atoms with E-state index in [4.69, 9.17) is 14.2 Å². The molecule has 0 N–H and O–H groups in total. The lowest BCUT2D eigenvalue weighted by Crippen LogP contribution is -2.48. The molecule has 0 amide bonds. The van der Waals surface area contributed by atoms with Gasteiger partial charge in [-0.3, -0.25) is 9.59 Å². The lowest BCUT2D eigenvalue weighted by Gasteiger charge is -2.42. The Hall–Kier alpha value is -3.60. The topological polar surface area (TPSA) is 61.8 Å². The number of esters is 2. The summed E-state index contributed by atoms with van der Waals surface area (Å²) in [6, 6.07) is 23.4. The molecule has 1 heterocycles. The molecule has 0 saturated carbocycles. The smallest absolute Gasteiger partial charge is 0.327 e. The minimum atomic E-state index is -1.63. The number of ether oxygens (including phenoxy) is 3. The van der Waals surface area contributed by atoms with Gasteiger partial charge in [-0.2, -0.15) is 0 Å². The van der Waals surface area contributed by atoms with Gasteiger partial charge in [0.1, 0.15) is 11.4 Å². The summed E-state index contributed by atoms with van der Waals surface area (Å²) >= 11 is 0. The molecule has 1 aliphatic rings. The summed E-state index contributed by atoms with van der Waals surface area (Å²) in [5.41, 5.74) is -0.983. The van der Waals surface area contributed by atoms with Crippen LogP contribution in [0.15, 0.2) is 78.9 Å². The van der Waals surface area contributed by atoms with Crippen LogP contribution in [0, 0.1) is 5.41 Å². The van der Waals surface area contributed by atoms with Gasteiger partial charge in [0.15, 0.2) is 5.41 Å². The highest BCUT2D eigenvalue weighted by molar-refractivity contribution is 6.04. The number of fused-ring (bicyclic) bond motifs is 1. The monoisotopic (exact) mass is 416 g/mol. The van der Waals surface area contributed by atoms with Gasteiger partial charge in [0, 0.05) is 12.0 Å². The van der Waals surface area contributed by atoms with E-state index in [9.17, 15) is 9.59 Å². The third-order valence-corrected chi connectivity index (χ3v) is 5.85. The molecule has 5 heteroatoms.